The fourth-order valence-corrected chi connectivity index (χ4v) is 8.75. The molecule has 4 aromatic carbocycles. The molecule has 1 fully saturated rings. The monoisotopic (exact) mass is 736 g/mol. The molecular formula is C45H55ClN3O2S+. The van der Waals surface area contributed by atoms with E-state index in [1.807, 2.05) is 60.3 Å². The van der Waals surface area contributed by atoms with Crippen LogP contribution in [0.2, 0.25) is 5.02 Å². The summed E-state index contributed by atoms with van der Waals surface area (Å²) in [5, 5.41) is 3.79. The molecule has 52 heavy (non-hydrogen) atoms. The smallest absolute Gasteiger partial charge is 0.411 e. The number of nitrogens with zero attached hydrogens (tertiary/aromatic N) is 2. The summed E-state index contributed by atoms with van der Waals surface area (Å²) in [6.45, 7) is 5.50. The number of hydrogen-bond donors (Lipinski definition) is 1. The first kappa shape index (κ1) is 38.2. The molecule has 0 atom stereocenters. The molecule has 2 heterocycles. The van der Waals surface area contributed by atoms with Gasteiger partial charge in [-0.05, 0) is 91.2 Å². The molecule has 0 unspecified atom stereocenters. The second kappa shape index (κ2) is 19.0. The van der Waals surface area contributed by atoms with E-state index in [1.54, 1.807) is 0 Å². The Morgan fingerprint density at radius 2 is 1.44 bits per heavy atom. The van der Waals surface area contributed by atoms with Gasteiger partial charge in [0.25, 0.3) is 0 Å². The zero-order chi connectivity index (χ0) is 36.2. The Kier molecular flexibility index (Phi) is 13.9. The lowest BCUT2D eigenvalue weighted by Crippen LogP contribution is -2.41. The molecular weight excluding hydrogens is 682 g/mol. The van der Waals surface area contributed by atoms with E-state index >= 15 is 0 Å². The lowest BCUT2D eigenvalue weighted by atomic mass is 9.96. The number of benzene rings is 4. The zero-order valence-corrected chi connectivity index (χ0v) is 32.6. The van der Waals surface area contributed by atoms with Crippen LogP contribution in [0.5, 0.6) is 0 Å². The van der Waals surface area contributed by atoms with E-state index in [4.69, 9.17) is 16.3 Å². The summed E-state index contributed by atoms with van der Waals surface area (Å²) < 4.78 is 6.88. The number of quaternary nitrogens is 1. The maximum Gasteiger partial charge on any atom is 0.411 e. The van der Waals surface area contributed by atoms with Gasteiger partial charge in [-0.1, -0.05) is 122 Å². The van der Waals surface area contributed by atoms with Gasteiger partial charge in [0.1, 0.15) is 6.10 Å². The predicted octanol–water partition coefficient (Wildman–Crippen LogP) is 11.8. The lowest BCUT2D eigenvalue weighted by molar-refractivity contribution is -0.890. The molecule has 4 aromatic rings. The van der Waals surface area contributed by atoms with E-state index < -0.39 is 0 Å². The van der Waals surface area contributed by atoms with Crippen molar-refractivity contribution in [1.82, 2.24) is 4.90 Å². The summed E-state index contributed by atoms with van der Waals surface area (Å²) in [5.41, 5.74) is 6.77. The van der Waals surface area contributed by atoms with Crippen molar-refractivity contribution in [3.63, 3.8) is 0 Å². The largest absolute Gasteiger partial charge is 0.446 e. The minimum Gasteiger partial charge on any atom is -0.446 e. The van der Waals surface area contributed by atoms with Gasteiger partial charge in [0.2, 0.25) is 0 Å². The number of unbranched alkanes of at least 4 members (excludes halogenated alkanes) is 6. The number of rotatable bonds is 16. The highest BCUT2D eigenvalue weighted by Gasteiger charge is 2.23. The molecule has 2 aliphatic heterocycles. The fourth-order valence-electron chi connectivity index (χ4n) is 7.50. The first-order chi connectivity index (χ1) is 25.3. The van der Waals surface area contributed by atoms with Gasteiger partial charge in [-0.25, -0.2) is 4.79 Å². The topological polar surface area (TPSA) is 41.6 Å². The second-order valence-corrected chi connectivity index (χ2v) is 16.5. The van der Waals surface area contributed by atoms with Gasteiger partial charge in [0, 0.05) is 39.9 Å². The number of nitrogens with one attached hydrogen (secondary N) is 1. The Labute approximate surface area is 321 Å². The van der Waals surface area contributed by atoms with Crippen molar-refractivity contribution in [1.29, 1.82) is 0 Å². The third-order valence-electron chi connectivity index (χ3n) is 10.5. The molecule has 0 aliphatic carbocycles. The van der Waals surface area contributed by atoms with Crippen LogP contribution in [-0.2, 0) is 4.74 Å². The van der Waals surface area contributed by atoms with Gasteiger partial charge in [-0.15, -0.1) is 0 Å². The average molecular weight is 737 g/mol. The Hall–Kier alpha value is -3.55. The third kappa shape index (κ3) is 11.0. The molecule has 0 saturated carbocycles. The number of likely N-dealkylation sites (tertiary alicyclic amines) is 1. The molecule has 0 spiro atoms. The standard InChI is InChI=1S/C45H54ClN3O2S/c1-49(2,33-17-22-39-40-21-12-14-24-43(40)52-44-26-25-36(46)34-41(39)44)32-16-7-5-3-4-6-15-29-48-30-27-37(28-31-48)51-45(50)47-42-23-13-11-20-38(42)35-18-9-8-10-19-35/h8-14,18-26,34,37H,3-7,15-17,27-33H2,1-2H3/p+1/b39-22+. The maximum atomic E-state index is 12.8. The molecule has 274 valence electrons. The van der Waals surface area contributed by atoms with E-state index in [0.717, 1.165) is 71.8 Å². The molecule has 1 saturated heterocycles. The normalized spacial score (nSPS) is 15.6. The van der Waals surface area contributed by atoms with Crippen LogP contribution in [0.1, 0.15) is 75.3 Å². The van der Waals surface area contributed by atoms with Crippen molar-refractivity contribution in [2.45, 2.75) is 80.1 Å². The van der Waals surface area contributed by atoms with Crippen LogP contribution >= 0.6 is 23.4 Å². The van der Waals surface area contributed by atoms with Crippen LogP contribution in [0.4, 0.5) is 10.5 Å². The first-order valence-electron chi connectivity index (χ1n) is 19.3. The number of piperidine rings is 1. The molecule has 5 nitrogen and oxygen atoms in total. The van der Waals surface area contributed by atoms with Gasteiger partial charge >= 0.3 is 6.09 Å². The number of carbonyl (C=O) groups is 1. The van der Waals surface area contributed by atoms with Crippen LogP contribution in [0.15, 0.2) is 113 Å². The Morgan fingerprint density at radius 1 is 0.788 bits per heavy atom. The average Bonchev–Trinajstić information content (AvgIpc) is 3.15. The van der Waals surface area contributed by atoms with Crippen molar-refractivity contribution in [2.24, 2.45) is 0 Å². The highest BCUT2D eigenvalue weighted by Crippen LogP contribution is 2.46. The fraction of sp³-hybridized carbons (Fsp3) is 0.400. The summed E-state index contributed by atoms with van der Waals surface area (Å²) in [7, 11) is 4.76. The zero-order valence-electron chi connectivity index (χ0n) is 31.0. The van der Waals surface area contributed by atoms with E-state index in [0.29, 0.717) is 0 Å². The van der Waals surface area contributed by atoms with Gasteiger partial charge in [-0.3, -0.25) is 5.32 Å². The van der Waals surface area contributed by atoms with Crippen LogP contribution in [0, 0.1) is 0 Å². The number of carbonyl (C=O) groups excluding carboxylic acids is 1. The number of para-hydroxylation sites is 1. The number of ether oxygens (including phenoxy) is 1. The van der Waals surface area contributed by atoms with Crippen molar-refractivity contribution < 1.29 is 14.0 Å². The highest BCUT2D eigenvalue weighted by molar-refractivity contribution is 7.99. The molecule has 0 bridgehead atoms. The Morgan fingerprint density at radius 3 is 2.23 bits per heavy atom. The SMILES string of the molecule is C[N+](C)(CC/C=C1\c2ccccc2Sc2ccc(Cl)cc21)CCCCCCCCCN1CCC(OC(=O)Nc2ccccc2-c2ccccc2)CC1. The summed E-state index contributed by atoms with van der Waals surface area (Å²) in [4.78, 5) is 17.9. The minimum atomic E-state index is -0.361. The van der Waals surface area contributed by atoms with Crippen LogP contribution in [0.25, 0.3) is 16.7 Å². The van der Waals surface area contributed by atoms with Crippen molar-refractivity contribution >= 4 is 40.7 Å². The molecule has 0 radical (unpaired) electrons. The molecule has 7 heteroatoms. The first-order valence-corrected chi connectivity index (χ1v) is 20.5. The van der Waals surface area contributed by atoms with E-state index in [1.165, 1.54) is 78.0 Å². The number of fused-ring (bicyclic) bond motifs is 2. The minimum absolute atomic E-state index is 0.0218. The summed E-state index contributed by atoms with van der Waals surface area (Å²) in [6.07, 6.45) is 14.0. The highest BCUT2D eigenvalue weighted by atomic mass is 35.5. The van der Waals surface area contributed by atoms with Crippen molar-refractivity contribution in [3.05, 3.63) is 119 Å². The number of halogens is 1. The quantitative estimate of drug-likeness (QED) is 0.0809. The number of amides is 1. The van der Waals surface area contributed by atoms with Crippen LogP contribution in [-0.4, -0.2) is 68.4 Å². The number of anilines is 1. The van der Waals surface area contributed by atoms with E-state index in [9.17, 15) is 4.79 Å². The molecule has 2 aliphatic rings. The summed E-state index contributed by atoms with van der Waals surface area (Å²) >= 11 is 8.26. The summed E-state index contributed by atoms with van der Waals surface area (Å²) in [5.74, 6) is 0. The van der Waals surface area contributed by atoms with Gasteiger partial charge < -0.3 is 14.1 Å². The Balaban J connectivity index is 0.810. The maximum absolute atomic E-state index is 12.8. The van der Waals surface area contributed by atoms with Crippen molar-refractivity contribution in [2.75, 3.05) is 52.1 Å². The molecule has 0 aromatic heterocycles. The van der Waals surface area contributed by atoms with Crippen LogP contribution < -0.4 is 5.32 Å². The van der Waals surface area contributed by atoms with Gasteiger partial charge in [0.15, 0.2) is 0 Å². The van der Waals surface area contributed by atoms with Gasteiger partial charge in [0.05, 0.1) is 32.9 Å². The molecule has 1 N–H and O–H groups in total. The summed E-state index contributed by atoms with van der Waals surface area (Å²) in [6, 6.07) is 33.0. The Bertz CT molecular complexity index is 1780. The van der Waals surface area contributed by atoms with Crippen LogP contribution in [0.3, 0.4) is 0 Å². The predicted molar refractivity (Wildman–Crippen MR) is 219 cm³/mol. The second-order valence-electron chi connectivity index (χ2n) is 15.0. The van der Waals surface area contributed by atoms with Crippen molar-refractivity contribution in [3.8, 4) is 11.1 Å². The molecule has 6 rings (SSSR count). The number of hydrogen-bond acceptors (Lipinski definition) is 4. The third-order valence-corrected chi connectivity index (χ3v) is 11.9. The van der Waals surface area contributed by atoms with E-state index in [-0.39, 0.29) is 12.2 Å². The molecule has 1 amide bonds. The van der Waals surface area contributed by atoms with Gasteiger partial charge in [-0.2, -0.15) is 0 Å². The lowest BCUT2D eigenvalue weighted by Gasteiger charge is -2.31. The van der Waals surface area contributed by atoms with E-state index in [2.05, 4.69) is 78.9 Å².